The number of hydrogen-bond donors (Lipinski definition) is 1. The van der Waals surface area contributed by atoms with E-state index >= 15 is 0 Å². The van der Waals surface area contributed by atoms with Gasteiger partial charge in [-0.25, -0.2) is 0 Å². The van der Waals surface area contributed by atoms with Gasteiger partial charge >= 0.3 is 147 Å². The monoisotopic (exact) mass is 378 g/mol. The van der Waals surface area contributed by atoms with Gasteiger partial charge in [-0.2, -0.15) is 0 Å². The van der Waals surface area contributed by atoms with Gasteiger partial charge in [0.05, 0.1) is 0 Å². The van der Waals surface area contributed by atoms with Crippen molar-refractivity contribution in [3.05, 3.63) is 89.5 Å². The fourth-order valence-corrected chi connectivity index (χ4v) is 7.69. The summed E-state index contributed by atoms with van der Waals surface area (Å²) in [6.45, 7) is 4.14. The van der Waals surface area contributed by atoms with Gasteiger partial charge in [-0.05, 0) is 0 Å². The first-order valence-corrected chi connectivity index (χ1v) is 10.6. The van der Waals surface area contributed by atoms with Crippen molar-refractivity contribution in [2.24, 2.45) is 0 Å². The van der Waals surface area contributed by atoms with Gasteiger partial charge in [0, 0.05) is 0 Å². The van der Waals surface area contributed by atoms with Crippen LogP contribution < -0.4 is 13.1 Å². The molecule has 0 heterocycles. The summed E-state index contributed by atoms with van der Waals surface area (Å²) in [4.78, 5) is 11.7. The number of carbonyl (C=O) groups is 1. The van der Waals surface area contributed by atoms with Crippen LogP contribution in [0, 0.1) is 13.8 Å². The number of benzene rings is 3. The Morgan fingerprint density at radius 2 is 1.21 bits per heavy atom. The van der Waals surface area contributed by atoms with Crippen LogP contribution in [0.15, 0.2) is 72.8 Å². The van der Waals surface area contributed by atoms with Crippen LogP contribution in [0.1, 0.15) is 21.5 Å². The van der Waals surface area contributed by atoms with E-state index in [0.717, 1.165) is 4.35 Å². The third-order valence-electron chi connectivity index (χ3n) is 3.96. The van der Waals surface area contributed by atoms with Crippen LogP contribution in [0.3, 0.4) is 0 Å². The molecule has 0 unspecified atom stereocenters. The molecule has 0 amide bonds. The number of carboxylic acid groups (broad SMARTS) is 1. The minimum absolute atomic E-state index is 0.415. The van der Waals surface area contributed by atoms with Crippen LogP contribution in [-0.2, 0) is 0 Å². The Kier molecular flexibility index (Phi) is 4.87. The predicted octanol–water partition coefficient (Wildman–Crippen LogP) is 2.52. The van der Waals surface area contributed by atoms with E-state index in [1.807, 2.05) is 12.1 Å². The molecule has 0 atom stereocenters. The average molecular weight is 378 g/mol. The number of carboxylic acids is 1. The van der Waals surface area contributed by atoms with E-state index in [1.165, 1.54) is 19.8 Å². The Balaban J connectivity index is 2.21. The number of hydrogen-bond acceptors (Lipinski definition) is 1. The van der Waals surface area contributed by atoms with Crippen LogP contribution in [0.2, 0.25) is 0 Å². The van der Waals surface area contributed by atoms with E-state index in [0.29, 0.717) is 5.56 Å². The second-order valence-corrected chi connectivity index (χ2v) is 10.4. The zero-order valence-corrected chi connectivity index (χ0v) is 15.6. The van der Waals surface area contributed by atoms with E-state index in [4.69, 9.17) is 0 Å². The number of rotatable bonds is 4. The SMILES string of the molecule is Cc1ccc([As](c2ccc(C)cc2)c2ccccc2C(=O)O)cc1. The molecule has 0 spiro atoms. The second kappa shape index (κ2) is 7.07. The second-order valence-electron chi connectivity index (χ2n) is 5.83. The van der Waals surface area contributed by atoms with Crippen LogP contribution in [-0.4, -0.2) is 25.7 Å². The topological polar surface area (TPSA) is 37.3 Å². The maximum absolute atomic E-state index is 11.7. The van der Waals surface area contributed by atoms with Gasteiger partial charge in [-0.15, -0.1) is 0 Å². The van der Waals surface area contributed by atoms with Crippen molar-refractivity contribution in [2.45, 2.75) is 13.8 Å². The zero-order valence-electron chi connectivity index (χ0n) is 13.7. The van der Waals surface area contributed by atoms with E-state index in [9.17, 15) is 9.90 Å². The van der Waals surface area contributed by atoms with Gasteiger partial charge in [-0.1, -0.05) is 0 Å². The molecule has 2 nitrogen and oxygen atoms in total. The van der Waals surface area contributed by atoms with Gasteiger partial charge in [0.2, 0.25) is 0 Å². The van der Waals surface area contributed by atoms with E-state index < -0.39 is 20.6 Å². The number of aryl methyl sites for hydroxylation is 2. The standard InChI is InChI=1S/C21H19AsO2/c1-15-7-11-17(12-8-15)22(18-13-9-16(2)10-14-18)20-6-4-3-5-19(20)21(23)24/h3-14H,1-2H3,(H,23,24). The first kappa shape index (κ1) is 16.5. The molecule has 1 N–H and O–H groups in total. The van der Waals surface area contributed by atoms with Crippen molar-refractivity contribution in [2.75, 3.05) is 0 Å². The van der Waals surface area contributed by atoms with Crippen molar-refractivity contribution >= 4 is 33.7 Å². The average Bonchev–Trinajstić information content (AvgIpc) is 2.59. The fraction of sp³-hybridized carbons (Fsp3) is 0.0952. The van der Waals surface area contributed by atoms with Crippen LogP contribution in [0.4, 0.5) is 0 Å². The van der Waals surface area contributed by atoms with Crippen LogP contribution in [0.25, 0.3) is 0 Å². The molecule has 0 bridgehead atoms. The molecule has 3 rings (SSSR count). The molecule has 0 aromatic heterocycles. The predicted molar refractivity (Wildman–Crippen MR) is 100 cm³/mol. The van der Waals surface area contributed by atoms with Gasteiger partial charge in [0.25, 0.3) is 0 Å². The molecule has 0 saturated carbocycles. The molecule has 0 aliphatic rings. The number of aromatic carboxylic acids is 1. The Hall–Kier alpha value is -2.31. The third-order valence-corrected chi connectivity index (χ3v) is 9.21. The summed E-state index contributed by atoms with van der Waals surface area (Å²) in [6, 6.07) is 24.4. The van der Waals surface area contributed by atoms with E-state index in [1.54, 1.807) is 12.1 Å². The van der Waals surface area contributed by atoms with Crippen molar-refractivity contribution in [3.63, 3.8) is 0 Å². The Morgan fingerprint density at radius 1 is 0.750 bits per heavy atom. The third kappa shape index (κ3) is 3.44. The normalized spacial score (nSPS) is 10.8. The zero-order chi connectivity index (χ0) is 17.1. The first-order valence-electron chi connectivity index (χ1n) is 7.82. The van der Waals surface area contributed by atoms with Crippen molar-refractivity contribution < 1.29 is 9.90 Å². The quantitative estimate of drug-likeness (QED) is 0.709. The summed E-state index contributed by atoms with van der Waals surface area (Å²) >= 11 is -1.91. The molecule has 3 heteroatoms. The molecule has 3 aromatic carbocycles. The summed E-state index contributed by atoms with van der Waals surface area (Å²) in [5.74, 6) is -0.857. The molecular weight excluding hydrogens is 359 g/mol. The van der Waals surface area contributed by atoms with E-state index in [-0.39, 0.29) is 0 Å². The summed E-state index contributed by atoms with van der Waals surface area (Å²) in [6.07, 6.45) is 0. The Morgan fingerprint density at radius 3 is 1.67 bits per heavy atom. The van der Waals surface area contributed by atoms with Gasteiger partial charge < -0.3 is 0 Å². The summed E-state index contributed by atoms with van der Waals surface area (Å²) in [5, 5.41) is 9.62. The molecule has 0 aliphatic heterocycles. The molecule has 24 heavy (non-hydrogen) atoms. The van der Waals surface area contributed by atoms with Gasteiger partial charge in [-0.3, -0.25) is 0 Å². The van der Waals surface area contributed by atoms with Crippen LogP contribution in [0.5, 0.6) is 0 Å². The van der Waals surface area contributed by atoms with Crippen molar-refractivity contribution in [3.8, 4) is 0 Å². The fourth-order valence-electron chi connectivity index (χ4n) is 2.66. The summed E-state index contributed by atoms with van der Waals surface area (Å²) in [5.41, 5.74) is 2.84. The molecule has 0 saturated heterocycles. The molecule has 120 valence electrons. The van der Waals surface area contributed by atoms with Crippen molar-refractivity contribution in [1.29, 1.82) is 0 Å². The van der Waals surface area contributed by atoms with Crippen LogP contribution >= 0.6 is 0 Å². The summed E-state index contributed by atoms with van der Waals surface area (Å²) in [7, 11) is 0. The van der Waals surface area contributed by atoms with Gasteiger partial charge in [0.1, 0.15) is 0 Å². The Bertz CT molecular complexity index is 806. The van der Waals surface area contributed by atoms with Gasteiger partial charge in [0.15, 0.2) is 0 Å². The molecule has 0 fully saturated rings. The minimum atomic E-state index is -1.91. The maximum atomic E-state index is 11.7. The summed E-state index contributed by atoms with van der Waals surface area (Å²) < 4.78 is 3.45. The molecular formula is C21H19AsO2. The van der Waals surface area contributed by atoms with E-state index in [2.05, 4.69) is 62.4 Å². The molecule has 0 radical (unpaired) electrons. The van der Waals surface area contributed by atoms with Crippen molar-refractivity contribution in [1.82, 2.24) is 0 Å². The Labute approximate surface area is 147 Å². The molecule has 0 aliphatic carbocycles. The molecule has 3 aromatic rings. The first-order chi connectivity index (χ1) is 11.6.